The number of ether oxygens (including phenoxy) is 2. The monoisotopic (exact) mass is 615 g/mol. The number of nitro groups is 2. The van der Waals surface area contributed by atoms with E-state index in [2.05, 4.69) is 17.6 Å². The van der Waals surface area contributed by atoms with Crippen LogP contribution in [0.15, 0.2) is 53.5 Å². The Morgan fingerprint density at radius 2 is 1.35 bits per heavy atom. The van der Waals surface area contributed by atoms with Gasteiger partial charge in [0, 0.05) is 62.2 Å². The highest BCUT2D eigenvalue weighted by molar-refractivity contribution is 7.81. The number of non-ortho nitro benzene ring substituents is 2. The lowest BCUT2D eigenvalue weighted by atomic mass is 10.1. The molecular formula is C26H29N7O9S. The second kappa shape index (κ2) is 13.8. The van der Waals surface area contributed by atoms with Crippen LogP contribution >= 0.6 is 12.6 Å². The van der Waals surface area contributed by atoms with Crippen LogP contribution in [0.4, 0.5) is 21.0 Å². The van der Waals surface area contributed by atoms with E-state index >= 15 is 0 Å². The number of thiol groups is 1. The standard InChI is InChI=1S/C26H29N7O9S/c27-24(28-25(35)41-15-17-1-5-19(6-2-17)32(37)38)30-11-9-29(10-12-30)23(34)22-13-21(43)14-31(22)26(36)42-16-18-3-7-20(8-4-18)33(39)40/h1-8,21-22,43H,9-16H2,(H2,27,28,35)/t21-,22-/m0/s1. The molecule has 2 fully saturated rings. The Balaban J connectivity index is 1.25. The summed E-state index contributed by atoms with van der Waals surface area (Å²) in [6, 6.07) is 10.4. The molecule has 2 aliphatic heterocycles. The zero-order valence-electron chi connectivity index (χ0n) is 22.8. The highest BCUT2D eigenvalue weighted by Gasteiger charge is 2.41. The van der Waals surface area contributed by atoms with E-state index in [1.807, 2.05) is 0 Å². The van der Waals surface area contributed by atoms with Gasteiger partial charge in [0.15, 0.2) is 0 Å². The number of nitro benzene ring substituents is 2. The first-order valence-electron chi connectivity index (χ1n) is 13.1. The van der Waals surface area contributed by atoms with E-state index in [4.69, 9.17) is 15.2 Å². The molecule has 2 aliphatic rings. The Labute approximate surface area is 250 Å². The van der Waals surface area contributed by atoms with E-state index in [9.17, 15) is 34.6 Å². The van der Waals surface area contributed by atoms with Gasteiger partial charge in [-0.25, -0.2) is 9.59 Å². The number of nitrogens with zero attached hydrogens (tertiary/aromatic N) is 6. The third-order valence-electron chi connectivity index (χ3n) is 6.94. The topological polar surface area (TPSA) is 204 Å². The predicted molar refractivity (Wildman–Crippen MR) is 154 cm³/mol. The molecule has 17 heteroatoms. The lowest BCUT2D eigenvalue weighted by Gasteiger charge is -2.37. The van der Waals surface area contributed by atoms with Crippen LogP contribution in [0.2, 0.25) is 0 Å². The van der Waals surface area contributed by atoms with E-state index in [0.717, 1.165) is 0 Å². The third kappa shape index (κ3) is 8.09. The number of piperazine rings is 1. The number of aliphatic imine (C=N–C) groups is 1. The largest absolute Gasteiger partial charge is 0.445 e. The van der Waals surface area contributed by atoms with Crippen molar-refractivity contribution < 1.29 is 33.7 Å². The fraction of sp³-hybridized carbons (Fsp3) is 0.385. The summed E-state index contributed by atoms with van der Waals surface area (Å²) in [6.45, 7) is 1.09. The van der Waals surface area contributed by atoms with E-state index < -0.39 is 28.1 Å². The summed E-state index contributed by atoms with van der Waals surface area (Å²) in [4.78, 5) is 67.2. The first-order chi connectivity index (χ1) is 20.5. The maximum atomic E-state index is 13.4. The number of hydrogen-bond acceptors (Lipinski definition) is 10. The Morgan fingerprint density at radius 1 is 0.860 bits per heavy atom. The molecule has 3 amide bonds. The van der Waals surface area contributed by atoms with Gasteiger partial charge < -0.3 is 25.0 Å². The summed E-state index contributed by atoms with van der Waals surface area (Å²) in [5.74, 6) is -0.338. The van der Waals surface area contributed by atoms with Gasteiger partial charge in [-0.1, -0.05) is 0 Å². The van der Waals surface area contributed by atoms with Crippen molar-refractivity contribution in [3.8, 4) is 0 Å². The van der Waals surface area contributed by atoms with Gasteiger partial charge in [-0.05, 0) is 41.8 Å². The lowest BCUT2D eigenvalue weighted by molar-refractivity contribution is -0.385. The number of nitrogens with two attached hydrogens (primary N) is 1. The van der Waals surface area contributed by atoms with Crippen LogP contribution in [0.1, 0.15) is 17.5 Å². The summed E-state index contributed by atoms with van der Waals surface area (Å²) in [6.07, 6.45) is -1.27. The molecule has 2 saturated heterocycles. The van der Waals surface area contributed by atoms with Gasteiger partial charge in [0.05, 0.1) is 9.85 Å². The first-order valence-corrected chi connectivity index (χ1v) is 13.7. The van der Waals surface area contributed by atoms with Crippen molar-refractivity contribution in [2.45, 2.75) is 30.9 Å². The van der Waals surface area contributed by atoms with Gasteiger partial charge in [0.1, 0.15) is 19.3 Å². The van der Waals surface area contributed by atoms with Gasteiger partial charge in [-0.3, -0.25) is 29.9 Å². The summed E-state index contributed by atoms with van der Waals surface area (Å²) < 4.78 is 10.5. The summed E-state index contributed by atoms with van der Waals surface area (Å²) >= 11 is 4.46. The van der Waals surface area contributed by atoms with Crippen molar-refractivity contribution >= 4 is 48.1 Å². The average molecular weight is 616 g/mol. The number of likely N-dealkylation sites (tertiary alicyclic amines) is 1. The maximum Gasteiger partial charge on any atom is 0.437 e. The second-order valence-corrected chi connectivity index (χ2v) is 10.5. The molecule has 0 saturated carbocycles. The third-order valence-corrected chi connectivity index (χ3v) is 7.31. The van der Waals surface area contributed by atoms with Crippen molar-refractivity contribution in [2.24, 2.45) is 10.7 Å². The van der Waals surface area contributed by atoms with E-state index in [1.165, 1.54) is 53.4 Å². The van der Waals surface area contributed by atoms with Gasteiger partial charge >= 0.3 is 12.2 Å². The smallest absolute Gasteiger partial charge is 0.437 e. The zero-order chi connectivity index (χ0) is 31.1. The molecule has 0 aromatic heterocycles. The average Bonchev–Trinajstić information content (AvgIpc) is 3.40. The Bertz CT molecular complexity index is 1400. The Hall–Kier alpha value is -4.93. The molecule has 2 aromatic carbocycles. The molecule has 43 heavy (non-hydrogen) atoms. The van der Waals surface area contributed by atoms with Gasteiger partial charge in [-0.2, -0.15) is 12.6 Å². The van der Waals surface area contributed by atoms with Crippen molar-refractivity contribution in [1.82, 2.24) is 14.7 Å². The minimum atomic E-state index is -0.928. The molecule has 0 aliphatic carbocycles. The molecule has 0 bridgehead atoms. The number of amides is 3. The molecule has 2 aromatic rings. The molecule has 228 valence electrons. The molecule has 0 spiro atoms. The number of guanidine groups is 1. The highest BCUT2D eigenvalue weighted by Crippen LogP contribution is 2.25. The van der Waals surface area contributed by atoms with Crippen molar-refractivity contribution in [3.05, 3.63) is 79.9 Å². The van der Waals surface area contributed by atoms with Gasteiger partial charge in [0.25, 0.3) is 11.4 Å². The molecule has 2 atom stereocenters. The van der Waals surface area contributed by atoms with Crippen molar-refractivity contribution in [3.63, 3.8) is 0 Å². The minimum absolute atomic E-state index is 0.0754. The normalized spacial score (nSPS) is 18.7. The molecule has 0 radical (unpaired) electrons. The molecule has 16 nitrogen and oxygen atoms in total. The van der Waals surface area contributed by atoms with E-state index in [-0.39, 0.29) is 74.4 Å². The highest BCUT2D eigenvalue weighted by atomic mass is 32.1. The van der Waals surface area contributed by atoms with Crippen LogP contribution in [0.5, 0.6) is 0 Å². The van der Waals surface area contributed by atoms with Crippen LogP contribution in [-0.4, -0.2) is 92.6 Å². The fourth-order valence-electron chi connectivity index (χ4n) is 4.61. The number of rotatable bonds is 7. The fourth-order valence-corrected chi connectivity index (χ4v) is 4.99. The van der Waals surface area contributed by atoms with Crippen molar-refractivity contribution in [2.75, 3.05) is 32.7 Å². The predicted octanol–water partition coefficient (Wildman–Crippen LogP) is 2.31. The quantitative estimate of drug-likeness (QED) is 0.152. The zero-order valence-corrected chi connectivity index (χ0v) is 23.7. The SMILES string of the molecule is N/C(=N\C(=O)OCc1ccc([N+](=O)[O-])cc1)N1CCN(C(=O)[C@@H]2C[C@H](S)CN2C(=O)OCc2ccc([N+](=O)[O-])cc2)CC1. The van der Waals surface area contributed by atoms with Crippen LogP contribution in [-0.2, 0) is 27.5 Å². The first kappa shape index (κ1) is 31.0. The molecule has 4 rings (SSSR count). The van der Waals surface area contributed by atoms with Crippen molar-refractivity contribution in [1.29, 1.82) is 0 Å². The number of hydrogen-bond donors (Lipinski definition) is 2. The van der Waals surface area contributed by atoms with Gasteiger partial charge in [0.2, 0.25) is 11.9 Å². The Kier molecular flexibility index (Phi) is 9.97. The summed E-state index contributed by atoms with van der Waals surface area (Å²) in [5.41, 5.74) is 6.93. The van der Waals surface area contributed by atoms with Crippen LogP contribution in [0, 0.1) is 20.2 Å². The number of carbonyl (C=O) groups is 3. The van der Waals surface area contributed by atoms with Crippen LogP contribution < -0.4 is 5.73 Å². The summed E-state index contributed by atoms with van der Waals surface area (Å²) in [5, 5.41) is 21.3. The minimum Gasteiger partial charge on any atom is -0.445 e. The van der Waals surface area contributed by atoms with E-state index in [1.54, 1.807) is 9.80 Å². The number of benzene rings is 2. The van der Waals surface area contributed by atoms with Crippen LogP contribution in [0.25, 0.3) is 0 Å². The summed E-state index contributed by atoms with van der Waals surface area (Å²) in [7, 11) is 0. The molecular weight excluding hydrogens is 586 g/mol. The number of carbonyl (C=O) groups excluding carboxylic acids is 3. The molecule has 2 N–H and O–H groups in total. The second-order valence-electron chi connectivity index (χ2n) is 9.80. The molecule has 0 unspecified atom stereocenters. The van der Waals surface area contributed by atoms with Crippen LogP contribution in [0.3, 0.4) is 0 Å². The Morgan fingerprint density at radius 3 is 1.86 bits per heavy atom. The van der Waals surface area contributed by atoms with E-state index in [0.29, 0.717) is 17.5 Å². The lowest BCUT2D eigenvalue weighted by Crippen LogP contribution is -2.56. The van der Waals surface area contributed by atoms with Gasteiger partial charge in [-0.15, -0.1) is 4.99 Å². The maximum absolute atomic E-state index is 13.4. The molecule has 2 heterocycles.